The summed E-state index contributed by atoms with van der Waals surface area (Å²) in [5, 5.41) is 1.86. The number of likely N-dealkylation sites (tertiary alicyclic amines) is 1. The lowest BCUT2D eigenvalue weighted by Crippen LogP contribution is -2.46. The van der Waals surface area contributed by atoms with E-state index in [4.69, 9.17) is 4.74 Å². The fraction of sp³-hybridized carbons (Fsp3) is 0.429. The fourth-order valence-corrected chi connectivity index (χ4v) is 4.79. The van der Waals surface area contributed by atoms with E-state index >= 15 is 0 Å². The highest BCUT2D eigenvalue weighted by Gasteiger charge is 2.36. The van der Waals surface area contributed by atoms with E-state index in [2.05, 4.69) is 0 Å². The molecule has 0 bridgehead atoms. The number of thiophene rings is 1. The van der Waals surface area contributed by atoms with Gasteiger partial charge >= 0.3 is 0 Å². The Morgan fingerprint density at radius 3 is 2.77 bits per heavy atom. The topological polar surface area (TPSA) is 84.0 Å². The van der Waals surface area contributed by atoms with E-state index in [0.717, 1.165) is 12.7 Å². The molecule has 0 unspecified atom stereocenters. The molecule has 0 radical (unpaired) electrons. The number of carbonyl (C=O) groups is 2. The first-order valence-electron chi connectivity index (χ1n) is 9.80. The molecule has 1 atom stereocenters. The standard InChI is InChI=1S/C21H26N2O5S2/c1-22(11-6-13-28-16-7-3-8-17(15-16)30(2,26)27)20(24)18-9-4-12-23(18)21(25)19-10-5-14-29-19/h3,5,7-8,10,14-15,18H,4,6,9,11-13H2,1-2H3/t18-/m0/s1. The first kappa shape index (κ1) is 22.3. The Bertz CT molecular complexity index is 989. The second-order valence-corrected chi connectivity index (χ2v) is 10.3. The molecule has 1 aromatic heterocycles. The van der Waals surface area contributed by atoms with Gasteiger partial charge in [0.1, 0.15) is 11.8 Å². The van der Waals surface area contributed by atoms with Gasteiger partial charge in [-0.2, -0.15) is 0 Å². The SMILES string of the molecule is CN(CCCOc1cccc(S(C)(=O)=O)c1)C(=O)[C@@H]1CCCN1C(=O)c1cccs1. The highest BCUT2D eigenvalue weighted by atomic mass is 32.2. The summed E-state index contributed by atoms with van der Waals surface area (Å²) in [7, 11) is -1.55. The minimum Gasteiger partial charge on any atom is -0.493 e. The van der Waals surface area contributed by atoms with Gasteiger partial charge in [-0.15, -0.1) is 11.3 Å². The van der Waals surface area contributed by atoms with Gasteiger partial charge in [0.05, 0.1) is 16.4 Å². The van der Waals surface area contributed by atoms with Gasteiger partial charge in [-0.1, -0.05) is 12.1 Å². The first-order valence-corrected chi connectivity index (χ1v) is 12.6. The predicted molar refractivity (Wildman–Crippen MR) is 116 cm³/mol. The van der Waals surface area contributed by atoms with Crippen molar-refractivity contribution in [2.45, 2.75) is 30.2 Å². The van der Waals surface area contributed by atoms with Crippen LogP contribution < -0.4 is 4.74 Å². The molecule has 2 heterocycles. The van der Waals surface area contributed by atoms with Gasteiger partial charge in [-0.3, -0.25) is 9.59 Å². The van der Waals surface area contributed by atoms with E-state index in [0.29, 0.717) is 43.2 Å². The largest absolute Gasteiger partial charge is 0.493 e. The summed E-state index contributed by atoms with van der Waals surface area (Å²) in [6, 6.07) is 9.57. The number of carbonyl (C=O) groups excluding carboxylic acids is 2. The molecule has 1 aliphatic heterocycles. The molecular weight excluding hydrogens is 424 g/mol. The van der Waals surface area contributed by atoms with Crippen molar-refractivity contribution in [3.8, 4) is 5.75 Å². The number of amides is 2. The highest BCUT2D eigenvalue weighted by molar-refractivity contribution is 7.90. The van der Waals surface area contributed by atoms with Crippen molar-refractivity contribution in [3.05, 3.63) is 46.7 Å². The van der Waals surface area contributed by atoms with Crippen LogP contribution in [0.5, 0.6) is 5.75 Å². The quantitative estimate of drug-likeness (QED) is 0.578. The normalized spacial score (nSPS) is 16.5. The Hall–Kier alpha value is -2.39. The summed E-state index contributed by atoms with van der Waals surface area (Å²) >= 11 is 1.39. The molecular formula is C21H26N2O5S2. The van der Waals surface area contributed by atoms with Gasteiger partial charge in [0.2, 0.25) is 5.91 Å². The number of hydrogen-bond donors (Lipinski definition) is 0. The lowest BCUT2D eigenvalue weighted by Gasteiger charge is -2.27. The number of ether oxygens (including phenoxy) is 1. The summed E-state index contributed by atoms with van der Waals surface area (Å²) in [4.78, 5) is 29.7. The van der Waals surface area contributed by atoms with Crippen molar-refractivity contribution in [2.75, 3.05) is 33.0 Å². The summed E-state index contributed by atoms with van der Waals surface area (Å²) in [6.07, 6.45) is 3.25. The van der Waals surface area contributed by atoms with E-state index < -0.39 is 15.9 Å². The maximum atomic E-state index is 12.9. The van der Waals surface area contributed by atoms with Crippen molar-refractivity contribution in [1.29, 1.82) is 0 Å². The molecule has 162 valence electrons. The summed E-state index contributed by atoms with van der Waals surface area (Å²) in [6.45, 7) is 1.44. The zero-order valence-electron chi connectivity index (χ0n) is 17.1. The van der Waals surface area contributed by atoms with Crippen molar-refractivity contribution < 1.29 is 22.7 Å². The van der Waals surface area contributed by atoms with E-state index in [1.165, 1.54) is 23.5 Å². The predicted octanol–water partition coefficient (Wildman–Crippen LogP) is 2.68. The highest BCUT2D eigenvalue weighted by Crippen LogP contribution is 2.23. The van der Waals surface area contributed by atoms with Crippen LogP contribution in [0.3, 0.4) is 0 Å². The van der Waals surface area contributed by atoms with E-state index in [1.807, 2.05) is 11.4 Å². The number of sulfone groups is 1. The van der Waals surface area contributed by atoms with Crippen LogP contribution in [0, 0.1) is 0 Å². The molecule has 9 heteroatoms. The lowest BCUT2D eigenvalue weighted by atomic mass is 10.2. The molecule has 7 nitrogen and oxygen atoms in total. The molecule has 0 N–H and O–H groups in total. The molecule has 1 fully saturated rings. The first-order chi connectivity index (χ1) is 14.3. The van der Waals surface area contributed by atoms with Gasteiger partial charge in [0.15, 0.2) is 9.84 Å². The van der Waals surface area contributed by atoms with Crippen molar-refractivity contribution >= 4 is 33.0 Å². The van der Waals surface area contributed by atoms with E-state index in [9.17, 15) is 18.0 Å². The van der Waals surface area contributed by atoms with Crippen LogP contribution in [0.25, 0.3) is 0 Å². The molecule has 1 aromatic carbocycles. The Balaban J connectivity index is 1.49. The van der Waals surface area contributed by atoms with Gasteiger partial charge in [-0.25, -0.2) is 8.42 Å². The minimum absolute atomic E-state index is 0.0588. The van der Waals surface area contributed by atoms with Crippen LogP contribution in [0.2, 0.25) is 0 Å². The van der Waals surface area contributed by atoms with Crippen LogP contribution >= 0.6 is 11.3 Å². The molecule has 1 aliphatic rings. The minimum atomic E-state index is -3.28. The smallest absolute Gasteiger partial charge is 0.264 e. The van der Waals surface area contributed by atoms with Crippen LogP contribution in [0.1, 0.15) is 28.9 Å². The Labute approximate surface area is 181 Å². The van der Waals surface area contributed by atoms with Gasteiger partial charge in [0, 0.05) is 26.4 Å². The van der Waals surface area contributed by atoms with Crippen LogP contribution in [0.4, 0.5) is 0 Å². The molecule has 0 saturated carbocycles. The molecule has 2 aromatic rings. The third-order valence-corrected chi connectivity index (χ3v) is 7.02. The lowest BCUT2D eigenvalue weighted by molar-refractivity contribution is -0.134. The second kappa shape index (κ2) is 9.61. The van der Waals surface area contributed by atoms with Gasteiger partial charge in [0.25, 0.3) is 5.91 Å². The van der Waals surface area contributed by atoms with Crippen LogP contribution in [0.15, 0.2) is 46.7 Å². The fourth-order valence-electron chi connectivity index (χ4n) is 3.46. The third-order valence-electron chi connectivity index (χ3n) is 5.05. The van der Waals surface area contributed by atoms with Crippen molar-refractivity contribution in [2.24, 2.45) is 0 Å². The zero-order valence-corrected chi connectivity index (χ0v) is 18.7. The maximum Gasteiger partial charge on any atom is 0.264 e. The monoisotopic (exact) mass is 450 g/mol. The Morgan fingerprint density at radius 1 is 1.27 bits per heavy atom. The van der Waals surface area contributed by atoms with Crippen LogP contribution in [-0.4, -0.2) is 69.1 Å². The molecule has 2 amide bonds. The second-order valence-electron chi connectivity index (χ2n) is 7.34. The van der Waals surface area contributed by atoms with Crippen LogP contribution in [-0.2, 0) is 14.6 Å². The average Bonchev–Trinajstić information content (AvgIpc) is 3.41. The maximum absolute atomic E-state index is 12.9. The summed E-state index contributed by atoms with van der Waals surface area (Å²) in [5.41, 5.74) is 0. The molecule has 30 heavy (non-hydrogen) atoms. The number of nitrogens with zero attached hydrogens (tertiary/aromatic N) is 2. The molecule has 3 rings (SSSR count). The number of hydrogen-bond acceptors (Lipinski definition) is 6. The third kappa shape index (κ3) is 5.40. The van der Waals surface area contributed by atoms with Crippen molar-refractivity contribution in [3.63, 3.8) is 0 Å². The Morgan fingerprint density at radius 2 is 2.07 bits per heavy atom. The number of benzene rings is 1. The Kier molecular flexibility index (Phi) is 7.14. The number of rotatable bonds is 8. The average molecular weight is 451 g/mol. The number of likely N-dealkylation sites (N-methyl/N-ethyl adjacent to an activating group) is 1. The van der Waals surface area contributed by atoms with E-state index in [-0.39, 0.29) is 16.7 Å². The van der Waals surface area contributed by atoms with Gasteiger partial charge in [-0.05, 0) is 48.9 Å². The molecule has 0 spiro atoms. The van der Waals surface area contributed by atoms with Gasteiger partial charge < -0.3 is 14.5 Å². The molecule has 0 aliphatic carbocycles. The van der Waals surface area contributed by atoms with E-state index in [1.54, 1.807) is 35.0 Å². The zero-order chi connectivity index (χ0) is 21.7. The summed E-state index contributed by atoms with van der Waals surface area (Å²) < 4.78 is 28.9. The molecule has 1 saturated heterocycles. The van der Waals surface area contributed by atoms with Crippen molar-refractivity contribution in [1.82, 2.24) is 9.80 Å². The summed E-state index contributed by atoms with van der Waals surface area (Å²) in [5.74, 6) is 0.343.